The number of benzene rings is 2. The van der Waals surface area contributed by atoms with Crippen molar-refractivity contribution in [2.24, 2.45) is 0 Å². The first kappa shape index (κ1) is 11.9. The van der Waals surface area contributed by atoms with Crippen molar-refractivity contribution in [2.45, 2.75) is 0 Å². The van der Waals surface area contributed by atoms with Crippen LogP contribution in [0.4, 0.5) is 15.8 Å². The van der Waals surface area contributed by atoms with E-state index in [1.165, 1.54) is 18.2 Å². The summed E-state index contributed by atoms with van der Waals surface area (Å²) in [6, 6.07) is 10.1. The maximum Gasteiger partial charge on any atom is 0.255 e. The van der Waals surface area contributed by atoms with Gasteiger partial charge in [0.05, 0.1) is 11.4 Å². The second-order valence-electron chi connectivity index (χ2n) is 3.71. The number of phenolic OH excluding ortho intramolecular Hbond substituents is 1. The predicted molar refractivity (Wildman–Crippen MR) is 66.9 cm³/mol. The van der Waals surface area contributed by atoms with Gasteiger partial charge < -0.3 is 16.2 Å². The van der Waals surface area contributed by atoms with Gasteiger partial charge in [-0.3, -0.25) is 4.79 Å². The topological polar surface area (TPSA) is 75.4 Å². The zero-order valence-corrected chi connectivity index (χ0v) is 9.35. The lowest BCUT2D eigenvalue weighted by molar-refractivity contribution is 0.102. The Bertz CT molecular complexity index is 599. The predicted octanol–water partition coefficient (Wildman–Crippen LogP) is 2.37. The number of para-hydroxylation sites is 2. The molecule has 0 atom stereocenters. The molecule has 0 aliphatic carbocycles. The van der Waals surface area contributed by atoms with E-state index in [1.54, 1.807) is 18.2 Å². The zero-order chi connectivity index (χ0) is 13.1. The van der Waals surface area contributed by atoms with Gasteiger partial charge in [-0.25, -0.2) is 4.39 Å². The highest BCUT2D eigenvalue weighted by molar-refractivity contribution is 6.05. The lowest BCUT2D eigenvalue weighted by atomic mass is 10.2. The van der Waals surface area contributed by atoms with Crippen LogP contribution in [0.15, 0.2) is 42.5 Å². The van der Waals surface area contributed by atoms with Gasteiger partial charge in [0.15, 0.2) is 0 Å². The number of halogens is 1. The molecule has 92 valence electrons. The van der Waals surface area contributed by atoms with E-state index in [0.717, 1.165) is 6.07 Å². The highest BCUT2D eigenvalue weighted by atomic mass is 19.1. The standard InChI is InChI=1S/C13H11FN2O2/c14-9-7-8(5-6-10(9)15)13(18)16-11-3-1-2-4-12(11)17/h1-7,17H,15H2,(H,16,18). The van der Waals surface area contributed by atoms with Gasteiger partial charge in [0.2, 0.25) is 0 Å². The van der Waals surface area contributed by atoms with E-state index >= 15 is 0 Å². The van der Waals surface area contributed by atoms with E-state index in [9.17, 15) is 14.3 Å². The molecule has 2 rings (SSSR count). The SMILES string of the molecule is Nc1ccc(C(=O)Nc2ccccc2O)cc1F. The lowest BCUT2D eigenvalue weighted by Crippen LogP contribution is -2.12. The third-order valence-corrected chi connectivity index (χ3v) is 2.41. The van der Waals surface area contributed by atoms with Gasteiger partial charge in [-0.2, -0.15) is 0 Å². The van der Waals surface area contributed by atoms with E-state index in [2.05, 4.69) is 5.32 Å². The van der Waals surface area contributed by atoms with Crippen LogP contribution in [0.1, 0.15) is 10.4 Å². The minimum Gasteiger partial charge on any atom is -0.506 e. The summed E-state index contributed by atoms with van der Waals surface area (Å²) >= 11 is 0. The van der Waals surface area contributed by atoms with Crippen molar-refractivity contribution in [1.82, 2.24) is 0 Å². The summed E-state index contributed by atoms with van der Waals surface area (Å²) in [4.78, 5) is 11.8. The van der Waals surface area contributed by atoms with Crippen LogP contribution in [0.25, 0.3) is 0 Å². The molecule has 18 heavy (non-hydrogen) atoms. The summed E-state index contributed by atoms with van der Waals surface area (Å²) in [5.41, 5.74) is 5.69. The van der Waals surface area contributed by atoms with E-state index in [1.807, 2.05) is 0 Å². The molecular formula is C13H11FN2O2. The number of hydrogen-bond acceptors (Lipinski definition) is 3. The Morgan fingerprint density at radius 3 is 2.61 bits per heavy atom. The van der Waals surface area contributed by atoms with E-state index < -0.39 is 11.7 Å². The number of phenols is 1. The van der Waals surface area contributed by atoms with Crippen LogP contribution in [-0.4, -0.2) is 11.0 Å². The van der Waals surface area contributed by atoms with Crippen LogP contribution >= 0.6 is 0 Å². The fourth-order valence-electron chi connectivity index (χ4n) is 1.44. The van der Waals surface area contributed by atoms with E-state index in [-0.39, 0.29) is 22.7 Å². The number of aromatic hydroxyl groups is 1. The smallest absolute Gasteiger partial charge is 0.255 e. The largest absolute Gasteiger partial charge is 0.506 e. The molecule has 0 radical (unpaired) electrons. The third-order valence-electron chi connectivity index (χ3n) is 2.41. The summed E-state index contributed by atoms with van der Waals surface area (Å²) in [5.74, 6) is -1.22. The van der Waals surface area contributed by atoms with E-state index in [4.69, 9.17) is 5.73 Å². The molecule has 0 saturated carbocycles. The second kappa shape index (κ2) is 4.75. The van der Waals surface area contributed by atoms with Crippen LogP contribution in [-0.2, 0) is 0 Å². The van der Waals surface area contributed by atoms with Gasteiger partial charge >= 0.3 is 0 Å². The number of hydrogen-bond donors (Lipinski definition) is 3. The number of nitrogen functional groups attached to an aromatic ring is 1. The maximum absolute atomic E-state index is 13.2. The third kappa shape index (κ3) is 2.40. The molecule has 0 spiro atoms. The van der Waals surface area contributed by atoms with Crippen LogP contribution in [0.5, 0.6) is 5.75 Å². The normalized spacial score (nSPS) is 10.1. The molecule has 0 aliphatic rings. The Labute approximate surface area is 103 Å². The summed E-state index contributed by atoms with van der Waals surface area (Å²) in [6.07, 6.45) is 0. The zero-order valence-electron chi connectivity index (χ0n) is 9.35. The first-order valence-corrected chi connectivity index (χ1v) is 5.22. The fraction of sp³-hybridized carbons (Fsp3) is 0. The quantitative estimate of drug-likeness (QED) is 0.562. The van der Waals surface area contributed by atoms with Gasteiger partial charge in [0.1, 0.15) is 11.6 Å². The Hall–Kier alpha value is -2.56. The van der Waals surface area contributed by atoms with Crippen LogP contribution < -0.4 is 11.1 Å². The van der Waals surface area contributed by atoms with Crippen molar-refractivity contribution in [1.29, 1.82) is 0 Å². The van der Waals surface area contributed by atoms with Crippen LogP contribution in [0.2, 0.25) is 0 Å². The maximum atomic E-state index is 13.2. The molecule has 5 heteroatoms. The number of nitrogens with two attached hydrogens (primary N) is 1. The summed E-state index contributed by atoms with van der Waals surface area (Å²) in [7, 11) is 0. The summed E-state index contributed by atoms with van der Waals surface area (Å²) in [5, 5.41) is 12.0. The van der Waals surface area contributed by atoms with Crippen molar-refractivity contribution in [2.75, 3.05) is 11.1 Å². The summed E-state index contributed by atoms with van der Waals surface area (Å²) < 4.78 is 13.2. The second-order valence-corrected chi connectivity index (χ2v) is 3.71. The Balaban J connectivity index is 2.22. The monoisotopic (exact) mass is 246 g/mol. The first-order chi connectivity index (χ1) is 8.58. The Morgan fingerprint density at radius 1 is 1.22 bits per heavy atom. The highest BCUT2D eigenvalue weighted by Gasteiger charge is 2.10. The number of carbonyl (C=O) groups excluding carboxylic acids is 1. The lowest BCUT2D eigenvalue weighted by Gasteiger charge is -2.07. The van der Waals surface area contributed by atoms with Crippen molar-refractivity contribution in [3.8, 4) is 5.75 Å². The van der Waals surface area contributed by atoms with Gasteiger partial charge in [-0.1, -0.05) is 12.1 Å². The first-order valence-electron chi connectivity index (χ1n) is 5.22. The van der Waals surface area contributed by atoms with Gasteiger partial charge in [0, 0.05) is 5.56 Å². The molecule has 0 bridgehead atoms. The molecular weight excluding hydrogens is 235 g/mol. The molecule has 1 amide bonds. The van der Waals surface area contributed by atoms with Crippen LogP contribution in [0, 0.1) is 5.82 Å². The number of carbonyl (C=O) groups is 1. The molecule has 0 aliphatic heterocycles. The molecule has 0 heterocycles. The Kier molecular flexibility index (Phi) is 3.14. The minimum absolute atomic E-state index is 0.0193. The molecule has 2 aromatic rings. The average Bonchev–Trinajstić information content (AvgIpc) is 2.35. The molecule has 0 fully saturated rings. The van der Waals surface area contributed by atoms with Crippen molar-refractivity contribution in [3.63, 3.8) is 0 Å². The molecule has 0 aromatic heterocycles. The minimum atomic E-state index is -0.653. The molecule has 4 N–H and O–H groups in total. The van der Waals surface area contributed by atoms with Crippen molar-refractivity contribution in [3.05, 3.63) is 53.8 Å². The Morgan fingerprint density at radius 2 is 1.94 bits per heavy atom. The van der Waals surface area contributed by atoms with Crippen molar-refractivity contribution < 1.29 is 14.3 Å². The van der Waals surface area contributed by atoms with Crippen molar-refractivity contribution >= 4 is 17.3 Å². The van der Waals surface area contributed by atoms with Gasteiger partial charge in [-0.05, 0) is 30.3 Å². The fourth-order valence-corrected chi connectivity index (χ4v) is 1.44. The van der Waals surface area contributed by atoms with Crippen LogP contribution in [0.3, 0.4) is 0 Å². The van der Waals surface area contributed by atoms with Gasteiger partial charge in [0.25, 0.3) is 5.91 Å². The van der Waals surface area contributed by atoms with E-state index in [0.29, 0.717) is 0 Å². The number of amides is 1. The highest BCUT2D eigenvalue weighted by Crippen LogP contribution is 2.22. The number of nitrogens with one attached hydrogen (secondary N) is 1. The number of rotatable bonds is 2. The average molecular weight is 246 g/mol. The number of anilines is 2. The summed E-state index contributed by atoms with van der Waals surface area (Å²) in [6.45, 7) is 0. The van der Waals surface area contributed by atoms with Gasteiger partial charge in [-0.15, -0.1) is 0 Å². The molecule has 4 nitrogen and oxygen atoms in total. The molecule has 0 saturated heterocycles. The molecule has 2 aromatic carbocycles. The molecule has 0 unspecified atom stereocenters.